The van der Waals surface area contributed by atoms with E-state index in [1.165, 1.54) is 11.8 Å². The largest absolute Gasteiger partial charge is 0.493 e. The molecule has 1 heterocycles. The van der Waals surface area contributed by atoms with Gasteiger partial charge in [-0.3, -0.25) is 9.59 Å². The Balaban J connectivity index is 1.85. The van der Waals surface area contributed by atoms with Crippen LogP contribution in [-0.4, -0.2) is 52.8 Å². The van der Waals surface area contributed by atoms with Crippen LogP contribution in [0.5, 0.6) is 11.5 Å². The van der Waals surface area contributed by atoms with Gasteiger partial charge in [0.2, 0.25) is 0 Å². The van der Waals surface area contributed by atoms with Gasteiger partial charge >= 0.3 is 0 Å². The maximum atomic E-state index is 13.0. The summed E-state index contributed by atoms with van der Waals surface area (Å²) in [6.07, 6.45) is 1.83. The molecule has 8 heteroatoms. The molecular formula is C23H26N2O5S. The maximum absolute atomic E-state index is 13.0. The molecule has 7 nitrogen and oxygen atoms in total. The van der Waals surface area contributed by atoms with Crippen molar-refractivity contribution in [3.8, 4) is 11.5 Å². The number of rotatable bonds is 8. The molecule has 1 aliphatic rings. The highest BCUT2D eigenvalue weighted by Crippen LogP contribution is 2.42. The minimum Gasteiger partial charge on any atom is -0.493 e. The third kappa shape index (κ3) is 5.21. The summed E-state index contributed by atoms with van der Waals surface area (Å²) in [4.78, 5) is 28.3. The summed E-state index contributed by atoms with van der Waals surface area (Å²) in [5.74, 6) is 0.937. The van der Waals surface area contributed by atoms with Crippen molar-refractivity contribution in [1.29, 1.82) is 0 Å². The first kappa shape index (κ1) is 22.7. The zero-order chi connectivity index (χ0) is 22.4. The van der Waals surface area contributed by atoms with Crippen molar-refractivity contribution in [1.82, 2.24) is 5.32 Å². The molecule has 2 aromatic carbocycles. The molecule has 1 N–H and O–H groups in total. The first-order valence-electron chi connectivity index (χ1n) is 9.88. The first-order valence-corrected chi connectivity index (χ1v) is 10.7. The van der Waals surface area contributed by atoms with Crippen molar-refractivity contribution < 1.29 is 23.8 Å². The molecule has 0 saturated carbocycles. The Labute approximate surface area is 186 Å². The zero-order valence-corrected chi connectivity index (χ0v) is 18.9. The second kappa shape index (κ2) is 10.4. The average molecular weight is 443 g/mol. The number of hydrogen-bond donors (Lipinski definition) is 1. The monoisotopic (exact) mass is 442 g/mol. The lowest BCUT2D eigenvalue weighted by atomic mass is 10.1. The smallest absolute Gasteiger partial charge is 0.264 e. The Morgan fingerprint density at radius 2 is 1.97 bits per heavy atom. The number of carbonyl (C=O) groups is 2. The van der Waals surface area contributed by atoms with E-state index in [0.29, 0.717) is 47.4 Å². The predicted octanol–water partition coefficient (Wildman–Crippen LogP) is 3.58. The van der Waals surface area contributed by atoms with Gasteiger partial charge in [-0.1, -0.05) is 17.8 Å². The SMILES string of the molecule is CCOc1ccc(C=C2Sc3ccc(C(=O)NCCOC)cc3N(C)C2=O)cc1OC. The molecule has 0 radical (unpaired) electrons. The van der Waals surface area contributed by atoms with Gasteiger partial charge in [0.05, 0.1) is 30.9 Å². The van der Waals surface area contributed by atoms with Gasteiger partial charge in [0.1, 0.15) is 0 Å². The number of amides is 2. The van der Waals surface area contributed by atoms with Crippen LogP contribution in [0.15, 0.2) is 46.2 Å². The normalized spacial score (nSPS) is 14.4. The summed E-state index contributed by atoms with van der Waals surface area (Å²) in [5.41, 5.74) is 2.04. The standard InChI is InChI=1S/C23H26N2O5S/c1-5-30-18-8-6-15(12-19(18)29-4)13-21-23(27)25(2)17-14-16(7-9-20(17)31-21)22(26)24-10-11-28-3/h6-9,12-14H,5,10-11H2,1-4H3,(H,24,26). The number of anilines is 1. The minimum absolute atomic E-state index is 0.137. The molecule has 2 amide bonds. The number of hydrogen-bond acceptors (Lipinski definition) is 6. The topological polar surface area (TPSA) is 77.1 Å². The summed E-state index contributed by atoms with van der Waals surface area (Å²) in [6.45, 7) is 3.32. The van der Waals surface area contributed by atoms with Crippen LogP contribution < -0.4 is 19.7 Å². The molecule has 0 aliphatic carbocycles. The molecule has 0 bridgehead atoms. The van der Waals surface area contributed by atoms with E-state index in [9.17, 15) is 9.59 Å². The lowest BCUT2D eigenvalue weighted by Gasteiger charge is -2.27. The molecule has 3 rings (SSSR count). The van der Waals surface area contributed by atoms with Crippen molar-refractivity contribution in [3.05, 3.63) is 52.4 Å². The van der Waals surface area contributed by atoms with E-state index in [1.807, 2.05) is 37.3 Å². The van der Waals surface area contributed by atoms with Gasteiger partial charge in [-0.05, 0) is 48.9 Å². The Bertz CT molecular complexity index is 1010. The fourth-order valence-electron chi connectivity index (χ4n) is 3.10. The molecular weight excluding hydrogens is 416 g/mol. The summed E-state index contributed by atoms with van der Waals surface area (Å²) in [6, 6.07) is 10.9. The lowest BCUT2D eigenvalue weighted by molar-refractivity contribution is -0.114. The minimum atomic E-state index is -0.200. The van der Waals surface area contributed by atoms with Crippen LogP contribution in [-0.2, 0) is 9.53 Å². The van der Waals surface area contributed by atoms with Gasteiger partial charge in [0, 0.05) is 31.2 Å². The number of benzene rings is 2. The maximum Gasteiger partial charge on any atom is 0.264 e. The van der Waals surface area contributed by atoms with Crippen LogP contribution in [0.25, 0.3) is 6.08 Å². The third-order valence-electron chi connectivity index (χ3n) is 4.69. The van der Waals surface area contributed by atoms with Crippen LogP contribution >= 0.6 is 11.8 Å². The number of fused-ring (bicyclic) bond motifs is 1. The summed E-state index contributed by atoms with van der Waals surface area (Å²) >= 11 is 1.38. The molecule has 0 aromatic heterocycles. The van der Waals surface area contributed by atoms with Gasteiger partial charge in [-0.25, -0.2) is 0 Å². The number of nitrogens with zero attached hydrogens (tertiary/aromatic N) is 1. The van der Waals surface area contributed by atoms with E-state index < -0.39 is 0 Å². The van der Waals surface area contributed by atoms with Gasteiger partial charge < -0.3 is 24.4 Å². The van der Waals surface area contributed by atoms with E-state index >= 15 is 0 Å². The van der Waals surface area contributed by atoms with Crippen molar-refractivity contribution >= 4 is 35.3 Å². The highest BCUT2D eigenvalue weighted by Gasteiger charge is 2.27. The number of likely N-dealkylation sites (N-methyl/N-ethyl adjacent to an activating group) is 1. The van der Waals surface area contributed by atoms with Gasteiger partial charge in [0.15, 0.2) is 11.5 Å². The molecule has 0 unspecified atom stereocenters. The third-order valence-corrected chi connectivity index (χ3v) is 5.77. The molecule has 31 heavy (non-hydrogen) atoms. The van der Waals surface area contributed by atoms with E-state index in [1.54, 1.807) is 38.3 Å². The highest BCUT2D eigenvalue weighted by atomic mass is 32.2. The van der Waals surface area contributed by atoms with Crippen LogP contribution in [0, 0.1) is 0 Å². The highest BCUT2D eigenvalue weighted by molar-refractivity contribution is 8.04. The van der Waals surface area contributed by atoms with Crippen LogP contribution in [0.1, 0.15) is 22.8 Å². The molecule has 0 atom stereocenters. The summed E-state index contributed by atoms with van der Waals surface area (Å²) in [7, 11) is 4.87. The fourth-order valence-corrected chi connectivity index (χ4v) is 4.20. The number of nitrogens with one attached hydrogen (secondary N) is 1. The molecule has 0 saturated heterocycles. The van der Waals surface area contributed by atoms with E-state index in [-0.39, 0.29) is 11.8 Å². The Morgan fingerprint density at radius 1 is 1.16 bits per heavy atom. The second-order valence-electron chi connectivity index (χ2n) is 6.75. The quantitative estimate of drug-likeness (QED) is 0.497. The van der Waals surface area contributed by atoms with Crippen LogP contribution in [0.3, 0.4) is 0 Å². The molecule has 2 aromatic rings. The summed E-state index contributed by atoms with van der Waals surface area (Å²) in [5, 5.41) is 2.79. The van der Waals surface area contributed by atoms with Crippen LogP contribution in [0.4, 0.5) is 5.69 Å². The van der Waals surface area contributed by atoms with Crippen molar-refractivity contribution in [3.63, 3.8) is 0 Å². The fraction of sp³-hybridized carbons (Fsp3) is 0.304. The van der Waals surface area contributed by atoms with Crippen LogP contribution in [0.2, 0.25) is 0 Å². The molecule has 1 aliphatic heterocycles. The van der Waals surface area contributed by atoms with E-state index in [0.717, 1.165) is 10.5 Å². The number of carbonyl (C=O) groups excluding carboxylic acids is 2. The molecule has 164 valence electrons. The van der Waals surface area contributed by atoms with Crippen molar-refractivity contribution in [2.45, 2.75) is 11.8 Å². The van der Waals surface area contributed by atoms with Crippen molar-refractivity contribution in [2.75, 3.05) is 45.9 Å². The van der Waals surface area contributed by atoms with Gasteiger partial charge in [-0.15, -0.1) is 0 Å². The number of methoxy groups -OCH3 is 2. The predicted molar refractivity (Wildman–Crippen MR) is 122 cm³/mol. The van der Waals surface area contributed by atoms with Gasteiger partial charge in [0.25, 0.3) is 11.8 Å². The second-order valence-corrected chi connectivity index (χ2v) is 7.83. The van der Waals surface area contributed by atoms with Crippen molar-refractivity contribution in [2.24, 2.45) is 0 Å². The molecule has 0 spiro atoms. The van der Waals surface area contributed by atoms with Gasteiger partial charge in [-0.2, -0.15) is 0 Å². The van der Waals surface area contributed by atoms with E-state index in [4.69, 9.17) is 14.2 Å². The van der Waals surface area contributed by atoms with E-state index in [2.05, 4.69) is 5.32 Å². The Hall–Kier alpha value is -2.97. The number of thioether (sulfide) groups is 1. The summed E-state index contributed by atoms with van der Waals surface area (Å²) < 4.78 is 15.9. The zero-order valence-electron chi connectivity index (χ0n) is 18.1. The number of ether oxygens (including phenoxy) is 3. The molecule has 0 fully saturated rings. The Morgan fingerprint density at radius 3 is 2.68 bits per heavy atom. The average Bonchev–Trinajstić information content (AvgIpc) is 2.78. The Kier molecular flexibility index (Phi) is 7.59. The lowest BCUT2D eigenvalue weighted by Crippen LogP contribution is -2.31. The first-order chi connectivity index (χ1) is 15.0.